The minimum Gasteiger partial charge on any atom is -0.454 e. The highest BCUT2D eigenvalue weighted by atomic mass is 32.1. The van der Waals surface area contributed by atoms with E-state index in [0.29, 0.717) is 0 Å². The Hall–Kier alpha value is -5.52. The minimum absolute atomic E-state index is 0.00134. The summed E-state index contributed by atoms with van der Waals surface area (Å²) < 4.78 is 14.8. The number of fused-ring (bicyclic) bond motifs is 18. The number of rotatable bonds is 0. The number of hydrogen-bond donors (Lipinski definition) is 0. The third-order valence-electron chi connectivity index (χ3n) is 11.8. The monoisotopic (exact) mass is 628 g/mol. The average molecular weight is 629 g/mol. The topological polar surface area (TPSA) is 23.0 Å². The molecule has 3 aliphatic rings. The Kier molecular flexibility index (Phi) is 3.99. The molecule has 0 fully saturated rings. The van der Waals surface area contributed by atoms with Gasteiger partial charge < -0.3 is 13.5 Å². The smallest absolute Gasteiger partial charge is 0.333 e. The van der Waals surface area contributed by atoms with E-state index in [1.807, 2.05) is 11.3 Å². The fourth-order valence-corrected chi connectivity index (χ4v) is 11.3. The van der Waals surface area contributed by atoms with Gasteiger partial charge in [-0.05, 0) is 57.9 Å². The van der Waals surface area contributed by atoms with Crippen LogP contribution in [0.25, 0.3) is 92.0 Å². The highest BCUT2D eigenvalue weighted by Gasteiger charge is 2.48. The number of thiophene rings is 1. The van der Waals surface area contributed by atoms with Gasteiger partial charge in [0.1, 0.15) is 5.58 Å². The van der Waals surface area contributed by atoms with Crippen LogP contribution in [0.2, 0.25) is 0 Å². The van der Waals surface area contributed by atoms with Crippen molar-refractivity contribution in [2.24, 2.45) is 0 Å². The van der Waals surface area contributed by atoms with Crippen molar-refractivity contribution in [3.63, 3.8) is 0 Å². The molecule has 222 valence electrons. The first kappa shape index (κ1) is 24.6. The zero-order chi connectivity index (χ0) is 31.2. The molecule has 13 rings (SSSR count). The molecule has 48 heavy (non-hydrogen) atoms. The maximum absolute atomic E-state index is 6.73. The molecule has 5 heteroatoms. The van der Waals surface area contributed by atoms with E-state index < -0.39 is 0 Å². The number of para-hydroxylation sites is 3. The maximum Gasteiger partial charge on any atom is 0.333 e. The Morgan fingerprint density at radius 1 is 0.646 bits per heavy atom. The quantitative estimate of drug-likeness (QED) is 0.153. The van der Waals surface area contributed by atoms with Crippen molar-refractivity contribution in [3.8, 4) is 27.9 Å². The van der Waals surface area contributed by atoms with E-state index in [1.54, 1.807) is 0 Å². The molecule has 6 heterocycles. The summed E-state index contributed by atoms with van der Waals surface area (Å²) in [5, 5.41) is 6.42. The van der Waals surface area contributed by atoms with Gasteiger partial charge >= 0.3 is 6.85 Å². The summed E-state index contributed by atoms with van der Waals surface area (Å²) in [5.41, 5.74) is 17.9. The molecule has 6 aromatic carbocycles. The number of hydrogen-bond acceptors (Lipinski definition) is 2. The zero-order valence-electron chi connectivity index (χ0n) is 26.3. The predicted molar refractivity (Wildman–Crippen MR) is 202 cm³/mol. The van der Waals surface area contributed by atoms with Gasteiger partial charge in [-0.2, -0.15) is 0 Å². The van der Waals surface area contributed by atoms with Crippen LogP contribution in [0.15, 0.2) is 120 Å². The average Bonchev–Trinajstić information content (AvgIpc) is 3.89. The Morgan fingerprint density at radius 3 is 2.33 bits per heavy atom. The number of furan rings is 1. The molecular formula is C43H25BN2OS. The summed E-state index contributed by atoms with van der Waals surface area (Å²) in [6.45, 7) is 4.85. The molecule has 0 radical (unpaired) electrons. The summed E-state index contributed by atoms with van der Waals surface area (Å²) >= 11 is 1.92. The fraction of sp³-hybridized carbons (Fsp3) is 0.0698. The van der Waals surface area contributed by atoms with E-state index >= 15 is 0 Å². The first-order chi connectivity index (χ1) is 23.6. The second kappa shape index (κ2) is 7.78. The molecule has 10 aromatic rings. The van der Waals surface area contributed by atoms with Crippen LogP contribution in [-0.4, -0.2) is 15.9 Å². The Morgan fingerprint density at radius 2 is 1.40 bits per heavy atom. The number of nitrogens with zero attached hydrogens (tertiary/aromatic N) is 2. The van der Waals surface area contributed by atoms with Crippen molar-refractivity contribution >= 4 is 93.2 Å². The van der Waals surface area contributed by atoms with Crippen molar-refractivity contribution in [2.75, 3.05) is 0 Å². The second-order valence-corrected chi connectivity index (χ2v) is 15.5. The molecule has 0 bridgehead atoms. The molecule has 0 spiro atoms. The second-order valence-electron chi connectivity index (χ2n) is 14.4. The number of benzene rings is 6. The van der Waals surface area contributed by atoms with E-state index in [1.165, 1.54) is 103 Å². The maximum atomic E-state index is 6.73. The van der Waals surface area contributed by atoms with Crippen LogP contribution in [0.1, 0.15) is 25.1 Å². The van der Waals surface area contributed by atoms with Crippen LogP contribution in [-0.2, 0) is 5.41 Å². The third-order valence-corrected chi connectivity index (χ3v) is 13.0. The lowest BCUT2D eigenvalue weighted by atomic mass is 9.45. The summed E-state index contributed by atoms with van der Waals surface area (Å²) in [5.74, 6) is 0. The van der Waals surface area contributed by atoms with Gasteiger partial charge in [0.25, 0.3) is 0 Å². The van der Waals surface area contributed by atoms with Crippen LogP contribution in [0.5, 0.6) is 0 Å². The standard InChI is InChI=1S/C43H25BN2OS/c1-43(2)29-17-6-3-11-23(29)34-26-15-10-18-30-38(26)45(42(34)43)40-35-25-13-5-8-20-32(25)48-33(35)21-28-22-14-9-16-27-37(22)46(44(30)36(28)40)39-24-12-4-7-19-31(24)47-41(27)39/h3-21H,1-2H3. The lowest BCUT2D eigenvalue weighted by Crippen LogP contribution is -2.55. The molecule has 0 saturated heterocycles. The van der Waals surface area contributed by atoms with Crippen LogP contribution < -0.4 is 10.9 Å². The SMILES string of the molecule is CC1(C)c2ccccc2-c2c1n1c3c(cccc23)B2c3c(cc4sc5ccccc5c4c3-1)-c1cccc3c4oc5ccccc5c4n2c13. The van der Waals surface area contributed by atoms with Crippen molar-refractivity contribution in [1.82, 2.24) is 9.05 Å². The van der Waals surface area contributed by atoms with Gasteiger partial charge in [-0.15, -0.1) is 11.3 Å². The van der Waals surface area contributed by atoms with Gasteiger partial charge in [-0.1, -0.05) is 98.8 Å². The lowest BCUT2D eigenvalue weighted by Gasteiger charge is -2.36. The Bertz CT molecular complexity index is 3170. The van der Waals surface area contributed by atoms with E-state index in [0.717, 1.165) is 11.2 Å². The van der Waals surface area contributed by atoms with Crippen LogP contribution >= 0.6 is 11.3 Å². The van der Waals surface area contributed by atoms with Gasteiger partial charge in [-0.25, -0.2) is 0 Å². The zero-order valence-corrected chi connectivity index (χ0v) is 27.1. The van der Waals surface area contributed by atoms with Gasteiger partial charge in [0, 0.05) is 64.1 Å². The highest BCUT2D eigenvalue weighted by Crippen LogP contribution is 2.56. The minimum atomic E-state index is -0.169. The summed E-state index contributed by atoms with van der Waals surface area (Å²) in [7, 11) is 0. The lowest BCUT2D eigenvalue weighted by molar-refractivity contribution is 0.625. The molecule has 0 N–H and O–H groups in total. The van der Waals surface area contributed by atoms with Gasteiger partial charge in [0.2, 0.25) is 0 Å². The molecule has 0 amide bonds. The summed E-state index contributed by atoms with van der Waals surface area (Å²) in [6.07, 6.45) is 0. The normalized spacial score (nSPS) is 15.0. The molecule has 1 aliphatic carbocycles. The van der Waals surface area contributed by atoms with Crippen molar-refractivity contribution < 1.29 is 4.42 Å². The fourth-order valence-electron chi connectivity index (χ4n) is 10.1. The van der Waals surface area contributed by atoms with E-state index in [4.69, 9.17) is 4.42 Å². The third kappa shape index (κ3) is 2.48. The van der Waals surface area contributed by atoms with Crippen LogP contribution in [0.3, 0.4) is 0 Å². The van der Waals surface area contributed by atoms with Crippen LogP contribution in [0.4, 0.5) is 0 Å². The van der Waals surface area contributed by atoms with Crippen molar-refractivity contribution in [2.45, 2.75) is 19.3 Å². The molecule has 3 nitrogen and oxygen atoms in total. The van der Waals surface area contributed by atoms with Crippen molar-refractivity contribution in [1.29, 1.82) is 0 Å². The highest BCUT2D eigenvalue weighted by molar-refractivity contribution is 7.26. The van der Waals surface area contributed by atoms with E-state index in [9.17, 15) is 0 Å². The molecule has 0 saturated carbocycles. The molecule has 0 atom stereocenters. The van der Waals surface area contributed by atoms with Gasteiger partial charge in [0.15, 0.2) is 5.58 Å². The Balaban J connectivity index is 1.34. The molecule has 0 unspecified atom stereocenters. The Labute approximate surface area is 279 Å². The van der Waals surface area contributed by atoms with E-state index in [2.05, 4.69) is 138 Å². The molecular weight excluding hydrogens is 603 g/mol. The van der Waals surface area contributed by atoms with Gasteiger partial charge in [0.05, 0.1) is 16.7 Å². The first-order valence-corrected chi connectivity index (χ1v) is 17.6. The van der Waals surface area contributed by atoms with Gasteiger partial charge in [-0.3, -0.25) is 0 Å². The van der Waals surface area contributed by atoms with Crippen LogP contribution in [0, 0.1) is 0 Å². The van der Waals surface area contributed by atoms with Crippen molar-refractivity contribution in [3.05, 3.63) is 127 Å². The largest absolute Gasteiger partial charge is 0.454 e. The molecule has 4 aromatic heterocycles. The predicted octanol–water partition coefficient (Wildman–Crippen LogP) is 10.1. The summed E-state index contributed by atoms with van der Waals surface area (Å²) in [6, 6.07) is 43.0. The first-order valence-electron chi connectivity index (χ1n) is 16.8. The number of aromatic nitrogens is 2. The summed E-state index contributed by atoms with van der Waals surface area (Å²) in [4.78, 5) is 0. The van der Waals surface area contributed by atoms with E-state index in [-0.39, 0.29) is 12.3 Å². The molecule has 2 aliphatic heterocycles.